The van der Waals surface area contributed by atoms with Gasteiger partial charge in [0.2, 0.25) is 5.91 Å². The molecule has 30 heavy (non-hydrogen) atoms. The Bertz CT molecular complexity index is 708. The molecule has 1 saturated carbocycles. The second-order valence-corrected chi connectivity index (χ2v) is 8.91. The third-order valence-corrected chi connectivity index (χ3v) is 6.70. The molecule has 0 radical (unpaired) electrons. The van der Waals surface area contributed by atoms with Gasteiger partial charge in [0.25, 0.3) is 0 Å². The summed E-state index contributed by atoms with van der Waals surface area (Å²) in [5.41, 5.74) is 1.45. The van der Waals surface area contributed by atoms with Crippen molar-refractivity contribution in [3.05, 3.63) is 35.9 Å². The Hall–Kier alpha value is -2.08. The number of carbonyl (C=O) groups excluding carboxylic acids is 1. The fourth-order valence-corrected chi connectivity index (χ4v) is 4.74. The van der Waals surface area contributed by atoms with Crippen molar-refractivity contribution < 1.29 is 4.79 Å². The zero-order valence-corrected chi connectivity index (χ0v) is 18.4. The van der Waals surface area contributed by atoms with Crippen molar-refractivity contribution >= 4 is 11.9 Å². The largest absolute Gasteiger partial charge is 0.357 e. The minimum atomic E-state index is 0.310. The van der Waals surface area contributed by atoms with Crippen molar-refractivity contribution in [2.75, 3.05) is 58.9 Å². The maximum Gasteiger partial charge on any atom is 0.236 e. The summed E-state index contributed by atoms with van der Waals surface area (Å²) in [5.74, 6) is 2.70. The number of aliphatic imine (C=N–C) groups is 1. The first kappa shape index (κ1) is 21.2. The van der Waals surface area contributed by atoms with Crippen molar-refractivity contribution in [1.29, 1.82) is 0 Å². The molecule has 164 valence electrons. The fraction of sp³-hybridized carbons (Fsp3) is 0.667. The molecule has 0 aromatic heterocycles. The quantitative estimate of drug-likeness (QED) is 0.577. The first-order valence-corrected chi connectivity index (χ1v) is 11.8. The molecule has 4 rings (SSSR count). The lowest BCUT2D eigenvalue weighted by Gasteiger charge is -2.37. The van der Waals surface area contributed by atoms with Gasteiger partial charge in [0, 0.05) is 52.4 Å². The van der Waals surface area contributed by atoms with Crippen molar-refractivity contribution in [2.45, 2.75) is 38.5 Å². The molecule has 0 spiro atoms. The predicted octanol–water partition coefficient (Wildman–Crippen LogP) is 2.39. The van der Waals surface area contributed by atoms with E-state index >= 15 is 0 Å². The number of benzene rings is 1. The third kappa shape index (κ3) is 5.54. The standard InChI is InChI=1S/C24H37N5O/c1-2-25-24(26-18-21-17-22(21)20-9-5-3-6-10-20)29-15-13-27(14-16-29)19-23(30)28-11-7-4-8-12-28/h3,5-6,9-10,21-22H,2,4,7-8,11-19H2,1H3,(H,25,26). The molecule has 3 fully saturated rings. The Kier molecular flexibility index (Phi) is 7.26. The van der Waals surface area contributed by atoms with Crippen LogP contribution < -0.4 is 5.32 Å². The minimum Gasteiger partial charge on any atom is -0.357 e. The Morgan fingerprint density at radius 2 is 1.73 bits per heavy atom. The SMILES string of the molecule is CCNC(=NCC1CC1c1ccccc1)N1CCN(CC(=O)N2CCCCC2)CC1. The van der Waals surface area contributed by atoms with Crippen molar-refractivity contribution in [3.63, 3.8) is 0 Å². The van der Waals surface area contributed by atoms with Crippen LogP contribution in [-0.2, 0) is 4.79 Å². The van der Waals surface area contributed by atoms with Gasteiger partial charge in [-0.1, -0.05) is 30.3 Å². The summed E-state index contributed by atoms with van der Waals surface area (Å²) in [6, 6.07) is 10.8. The number of rotatable bonds is 6. The molecule has 2 aliphatic heterocycles. The second kappa shape index (κ2) is 10.3. The second-order valence-electron chi connectivity index (χ2n) is 8.91. The Labute approximate surface area is 181 Å². The number of guanidine groups is 1. The summed E-state index contributed by atoms with van der Waals surface area (Å²) in [5, 5.41) is 3.48. The summed E-state index contributed by atoms with van der Waals surface area (Å²) in [6.45, 7) is 10.1. The minimum absolute atomic E-state index is 0.310. The molecule has 1 aliphatic carbocycles. The highest BCUT2D eigenvalue weighted by Crippen LogP contribution is 2.47. The van der Waals surface area contributed by atoms with E-state index in [0.29, 0.717) is 24.3 Å². The molecule has 2 saturated heterocycles. The Balaban J connectivity index is 1.24. The predicted molar refractivity (Wildman–Crippen MR) is 122 cm³/mol. The van der Waals surface area contributed by atoms with Gasteiger partial charge in [-0.25, -0.2) is 0 Å². The van der Waals surface area contributed by atoms with Crippen LogP contribution in [0.4, 0.5) is 0 Å². The smallest absolute Gasteiger partial charge is 0.236 e. The number of carbonyl (C=O) groups is 1. The van der Waals surface area contributed by atoms with E-state index in [9.17, 15) is 4.79 Å². The maximum absolute atomic E-state index is 12.6. The van der Waals surface area contributed by atoms with Crippen LogP contribution >= 0.6 is 0 Å². The molecule has 1 aromatic carbocycles. The molecule has 6 nitrogen and oxygen atoms in total. The average Bonchev–Trinajstić information content (AvgIpc) is 3.58. The Morgan fingerprint density at radius 1 is 1.00 bits per heavy atom. The number of likely N-dealkylation sites (tertiary alicyclic amines) is 1. The molecule has 2 heterocycles. The third-order valence-electron chi connectivity index (χ3n) is 6.70. The molecule has 1 amide bonds. The molecule has 0 bridgehead atoms. The highest BCUT2D eigenvalue weighted by molar-refractivity contribution is 5.80. The van der Waals surface area contributed by atoms with Crippen molar-refractivity contribution in [3.8, 4) is 0 Å². The summed E-state index contributed by atoms with van der Waals surface area (Å²) >= 11 is 0. The van der Waals surface area contributed by atoms with E-state index in [2.05, 4.69) is 57.3 Å². The molecule has 2 atom stereocenters. The van der Waals surface area contributed by atoms with Crippen LogP contribution in [0.3, 0.4) is 0 Å². The number of nitrogens with zero attached hydrogens (tertiary/aromatic N) is 4. The summed E-state index contributed by atoms with van der Waals surface area (Å²) in [7, 11) is 0. The van der Waals surface area contributed by atoms with Gasteiger partial charge in [0.1, 0.15) is 0 Å². The average molecular weight is 412 g/mol. The van der Waals surface area contributed by atoms with Crippen LogP contribution in [0.1, 0.15) is 44.1 Å². The number of piperazine rings is 1. The van der Waals surface area contributed by atoms with Crippen LogP contribution in [-0.4, -0.2) is 85.5 Å². The fourth-order valence-electron chi connectivity index (χ4n) is 4.74. The van der Waals surface area contributed by atoms with Crippen LogP contribution in [0.5, 0.6) is 0 Å². The van der Waals surface area contributed by atoms with E-state index in [0.717, 1.165) is 71.2 Å². The lowest BCUT2D eigenvalue weighted by Crippen LogP contribution is -2.54. The first-order chi connectivity index (χ1) is 14.7. The molecule has 3 aliphatic rings. The number of piperidine rings is 1. The van der Waals surface area contributed by atoms with Gasteiger partial charge in [0.05, 0.1) is 6.54 Å². The molecule has 2 unspecified atom stereocenters. The first-order valence-electron chi connectivity index (χ1n) is 11.8. The number of hydrogen-bond acceptors (Lipinski definition) is 3. The van der Waals surface area contributed by atoms with Gasteiger partial charge in [-0.2, -0.15) is 0 Å². The highest BCUT2D eigenvalue weighted by atomic mass is 16.2. The van der Waals surface area contributed by atoms with E-state index < -0.39 is 0 Å². The van der Waals surface area contributed by atoms with Gasteiger partial charge >= 0.3 is 0 Å². The van der Waals surface area contributed by atoms with Crippen molar-refractivity contribution in [2.24, 2.45) is 10.9 Å². The van der Waals surface area contributed by atoms with Crippen LogP contribution in [0.15, 0.2) is 35.3 Å². The van der Waals surface area contributed by atoms with E-state index in [4.69, 9.17) is 4.99 Å². The Morgan fingerprint density at radius 3 is 2.43 bits per heavy atom. The summed E-state index contributed by atoms with van der Waals surface area (Å²) in [4.78, 5) is 24.3. The molecule has 1 aromatic rings. The maximum atomic E-state index is 12.6. The lowest BCUT2D eigenvalue weighted by molar-refractivity contribution is -0.133. The zero-order chi connectivity index (χ0) is 20.8. The van der Waals surface area contributed by atoms with Crippen molar-refractivity contribution in [1.82, 2.24) is 20.0 Å². The molecule has 6 heteroatoms. The van der Waals surface area contributed by atoms with Gasteiger partial charge < -0.3 is 15.1 Å². The monoisotopic (exact) mass is 411 g/mol. The highest BCUT2D eigenvalue weighted by Gasteiger charge is 2.38. The summed E-state index contributed by atoms with van der Waals surface area (Å²) < 4.78 is 0. The van der Waals surface area contributed by atoms with E-state index in [1.165, 1.54) is 18.4 Å². The van der Waals surface area contributed by atoms with Crippen LogP contribution in [0.2, 0.25) is 0 Å². The number of nitrogens with one attached hydrogen (secondary N) is 1. The van der Waals surface area contributed by atoms with E-state index in [1.54, 1.807) is 0 Å². The lowest BCUT2D eigenvalue weighted by atomic mass is 10.1. The van der Waals surface area contributed by atoms with E-state index in [-0.39, 0.29) is 0 Å². The van der Waals surface area contributed by atoms with Gasteiger partial charge in [-0.3, -0.25) is 14.7 Å². The van der Waals surface area contributed by atoms with Crippen LogP contribution in [0.25, 0.3) is 0 Å². The molecule has 1 N–H and O–H groups in total. The van der Waals surface area contributed by atoms with Gasteiger partial charge in [0.15, 0.2) is 5.96 Å². The molecular weight excluding hydrogens is 374 g/mol. The van der Waals surface area contributed by atoms with Gasteiger partial charge in [-0.05, 0) is 50.0 Å². The molecular formula is C24H37N5O. The zero-order valence-electron chi connectivity index (χ0n) is 18.4. The topological polar surface area (TPSA) is 51.2 Å². The van der Waals surface area contributed by atoms with E-state index in [1.807, 2.05) is 0 Å². The van der Waals surface area contributed by atoms with Gasteiger partial charge in [-0.15, -0.1) is 0 Å². The summed E-state index contributed by atoms with van der Waals surface area (Å²) in [6.07, 6.45) is 4.84. The van der Waals surface area contributed by atoms with Crippen LogP contribution in [0, 0.1) is 5.92 Å². The number of hydrogen-bond donors (Lipinski definition) is 1. The number of amides is 1. The normalized spacial score (nSPS) is 25.3.